The van der Waals surface area contributed by atoms with Crippen LogP contribution < -0.4 is 15.2 Å². The third-order valence-electron chi connectivity index (χ3n) is 4.19. The molecule has 0 atom stereocenters. The van der Waals surface area contributed by atoms with Crippen LogP contribution in [0.1, 0.15) is 36.0 Å². The number of carbonyl (C=O) groups excluding carboxylic acids is 1. The molecule has 1 aromatic rings. The molecule has 0 spiro atoms. The zero-order chi connectivity index (χ0) is 13.3. The van der Waals surface area contributed by atoms with Crippen LogP contribution in [-0.4, -0.2) is 25.5 Å². The van der Waals surface area contributed by atoms with Crippen molar-refractivity contribution < 1.29 is 14.3 Å². The van der Waals surface area contributed by atoms with E-state index in [1.807, 2.05) is 12.1 Å². The second-order valence-corrected chi connectivity index (χ2v) is 5.38. The molecule has 1 aliphatic heterocycles. The molecule has 19 heavy (non-hydrogen) atoms. The standard InChI is InChI=1S/C15H19NO3/c16-10-15(5-1-6-15)14(17)11-3-4-12-13(9-11)19-8-2-7-18-12/h3-4,9H,1-2,5-8,10,16H2. The van der Waals surface area contributed by atoms with Crippen LogP contribution in [0.3, 0.4) is 0 Å². The maximum Gasteiger partial charge on any atom is 0.170 e. The molecule has 2 N–H and O–H groups in total. The van der Waals surface area contributed by atoms with Crippen LogP contribution in [0.25, 0.3) is 0 Å². The van der Waals surface area contributed by atoms with Crippen molar-refractivity contribution in [2.75, 3.05) is 19.8 Å². The summed E-state index contributed by atoms with van der Waals surface area (Å²) in [6.07, 6.45) is 3.76. The molecule has 1 heterocycles. The van der Waals surface area contributed by atoms with Gasteiger partial charge in [0.05, 0.1) is 13.2 Å². The lowest BCUT2D eigenvalue weighted by atomic mass is 9.64. The van der Waals surface area contributed by atoms with Crippen molar-refractivity contribution in [2.24, 2.45) is 11.1 Å². The first-order valence-corrected chi connectivity index (χ1v) is 6.90. The molecule has 1 fully saturated rings. The van der Waals surface area contributed by atoms with Gasteiger partial charge >= 0.3 is 0 Å². The van der Waals surface area contributed by atoms with E-state index in [1.54, 1.807) is 6.07 Å². The van der Waals surface area contributed by atoms with Gasteiger partial charge in [-0.1, -0.05) is 6.42 Å². The Balaban J connectivity index is 1.89. The lowest BCUT2D eigenvalue weighted by Crippen LogP contribution is -2.44. The van der Waals surface area contributed by atoms with E-state index in [-0.39, 0.29) is 11.2 Å². The number of fused-ring (bicyclic) bond motifs is 1. The van der Waals surface area contributed by atoms with Gasteiger partial charge in [-0.3, -0.25) is 4.79 Å². The van der Waals surface area contributed by atoms with Crippen LogP contribution in [0.2, 0.25) is 0 Å². The van der Waals surface area contributed by atoms with E-state index in [0.29, 0.717) is 31.1 Å². The van der Waals surface area contributed by atoms with Gasteiger partial charge in [0.15, 0.2) is 17.3 Å². The number of rotatable bonds is 3. The smallest absolute Gasteiger partial charge is 0.170 e. The number of hydrogen-bond acceptors (Lipinski definition) is 4. The molecule has 0 amide bonds. The maximum absolute atomic E-state index is 12.6. The first kappa shape index (κ1) is 12.5. The summed E-state index contributed by atoms with van der Waals surface area (Å²) in [7, 11) is 0. The zero-order valence-electron chi connectivity index (χ0n) is 11.0. The van der Waals surface area contributed by atoms with Gasteiger partial charge in [0.2, 0.25) is 0 Å². The second-order valence-electron chi connectivity index (χ2n) is 5.38. The van der Waals surface area contributed by atoms with Gasteiger partial charge in [-0.25, -0.2) is 0 Å². The van der Waals surface area contributed by atoms with Crippen molar-refractivity contribution in [3.63, 3.8) is 0 Å². The first-order valence-electron chi connectivity index (χ1n) is 6.90. The highest BCUT2D eigenvalue weighted by atomic mass is 16.5. The van der Waals surface area contributed by atoms with Gasteiger partial charge < -0.3 is 15.2 Å². The molecule has 0 aromatic heterocycles. The molecule has 0 bridgehead atoms. The number of ketones is 1. The number of benzene rings is 1. The average Bonchev–Trinajstić information content (AvgIpc) is 2.62. The summed E-state index contributed by atoms with van der Waals surface area (Å²) < 4.78 is 11.2. The molecule has 4 heteroatoms. The predicted octanol–water partition coefficient (Wildman–Crippen LogP) is 2.16. The summed E-state index contributed by atoms with van der Waals surface area (Å²) in [5.41, 5.74) is 6.15. The van der Waals surface area contributed by atoms with E-state index >= 15 is 0 Å². The Kier molecular flexibility index (Phi) is 3.19. The highest BCUT2D eigenvalue weighted by Crippen LogP contribution is 2.43. The number of hydrogen-bond donors (Lipinski definition) is 1. The Labute approximate surface area is 112 Å². The normalized spacial score (nSPS) is 20.3. The van der Waals surface area contributed by atoms with Crippen molar-refractivity contribution in [1.82, 2.24) is 0 Å². The van der Waals surface area contributed by atoms with Crippen LogP contribution in [0.15, 0.2) is 18.2 Å². The minimum Gasteiger partial charge on any atom is -0.490 e. The Bertz CT molecular complexity index is 489. The van der Waals surface area contributed by atoms with Crippen molar-refractivity contribution in [3.8, 4) is 11.5 Å². The Morgan fingerprint density at radius 2 is 1.89 bits per heavy atom. The molecule has 0 unspecified atom stereocenters. The van der Waals surface area contributed by atoms with Gasteiger partial charge in [0.25, 0.3) is 0 Å². The van der Waals surface area contributed by atoms with E-state index in [2.05, 4.69) is 0 Å². The third-order valence-corrected chi connectivity index (χ3v) is 4.19. The molecule has 4 nitrogen and oxygen atoms in total. The summed E-state index contributed by atoms with van der Waals surface area (Å²) >= 11 is 0. The quantitative estimate of drug-likeness (QED) is 0.847. The number of nitrogens with two attached hydrogens (primary N) is 1. The Hall–Kier alpha value is -1.55. The minimum absolute atomic E-state index is 0.150. The van der Waals surface area contributed by atoms with Gasteiger partial charge in [-0.2, -0.15) is 0 Å². The van der Waals surface area contributed by atoms with Crippen LogP contribution in [0.5, 0.6) is 11.5 Å². The van der Waals surface area contributed by atoms with E-state index in [1.165, 1.54) is 0 Å². The topological polar surface area (TPSA) is 61.6 Å². The molecule has 1 saturated carbocycles. The molecule has 1 aliphatic carbocycles. The zero-order valence-corrected chi connectivity index (χ0v) is 11.0. The number of carbonyl (C=O) groups is 1. The van der Waals surface area contributed by atoms with Gasteiger partial charge in [-0.15, -0.1) is 0 Å². The van der Waals surface area contributed by atoms with Crippen molar-refractivity contribution >= 4 is 5.78 Å². The van der Waals surface area contributed by atoms with Crippen LogP contribution in [0, 0.1) is 5.41 Å². The molecule has 2 aliphatic rings. The van der Waals surface area contributed by atoms with Crippen LogP contribution >= 0.6 is 0 Å². The predicted molar refractivity (Wildman–Crippen MR) is 71.7 cm³/mol. The van der Waals surface area contributed by atoms with Crippen molar-refractivity contribution in [2.45, 2.75) is 25.7 Å². The molecular formula is C15H19NO3. The molecule has 1 aromatic carbocycles. The molecule has 102 valence electrons. The highest BCUT2D eigenvalue weighted by Gasteiger charge is 2.43. The molecule has 3 rings (SSSR count). The molecular weight excluding hydrogens is 242 g/mol. The van der Waals surface area contributed by atoms with E-state index in [9.17, 15) is 4.79 Å². The second kappa shape index (κ2) is 4.85. The Morgan fingerprint density at radius 1 is 1.16 bits per heavy atom. The number of ether oxygens (including phenoxy) is 2. The summed E-state index contributed by atoms with van der Waals surface area (Å²) in [6.45, 7) is 1.72. The fraction of sp³-hybridized carbons (Fsp3) is 0.533. The van der Waals surface area contributed by atoms with E-state index in [4.69, 9.17) is 15.2 Å². The van der Waals surface area contributed by atoms with Gasteiger partial charge in [-0.05, 0) is 31.0 Å². The maximum atomic E-state index is 12.6. The van der Waals surface area contributed by atoms with Gasteiger partial charge in [0, 0.05) is 23.9 Å². The first-order chi connectivity index (χ1) is 9.25. The van der Waals surface area contributed by atoms with Crippen LogP contribution in [-0.2, 0) is 0 Å². The largest absolute Gasteiger partial charge is 0.490 e. The van der Waals surface area contributed by atoms with Crippen molar-refractivity contribution in [1.29, 1.82) is 0 Å². The number of Topliss-reactive ketones (excluding diaryl/α,β-unsaturated/α-hetero) is 1. The molecule has 0 radical (unpaired) electrons. The van der Waals surface area contributed by atoms with Gasteiger partial charge in [0.1, 0.15) is 0 Å². The van der Waals surface area contributed by atoms with E-state index in [0.717, 1.165) is 31.4 Å². The lowest BCUT2D eigenvalue weighted by Gasteiger charge is -2.39. The minimum atomic E-state index is -0.334. The van der Waals surface area contributed by atoms with Crippen LogP contribution in [0.4, 0.5) is 0 Å². The third kappa shape index (κ3) is 2.10. The lowest BCUT2D eigenvalue weighted by molar-refractivity contribution is 0.0635. The SMILES string of the molecule is NCC1(C(=O)c2ccc3c(c2)OCCCO3)CCC1. The average molecular weight is 261 g/mol. The fourth-order valence-electron chi connectivity index (χ4n) is 2.74. The summed E-state index contributed by atoms with van der Waals surface area (Å²) in [6, 6.07) is 5.46. The highest BCUT2D eigenvalue weighted by molar-refractivity contribution is 6.01. The summed E-state index contributed by atoms with van der Waals surface area (Å²) in [5, 5.41) is 0. The van der Waals surface area contributed by atoms with Crippen molar-refractivity contribution in [3.05, 3.63) is 23.8 Å². The van der Waals surface area contributed by atoms with E-state index < -0.39 is 0 Å². The summed E-state index contributed by atoms with van der Waals surface area (Å²) in [4.78, 5) is 12.6. The fourth-order valence-corrected chi connectivity index (χ4v) is 2.74. The summed E-state index contributed by atoms with van der Waals surface area (Å²) in [5.74, 6) is 1.55. The monoisotopic (exact) mass is 261 g/mol. The Morgan fingerprint density at radius 3 is 2.53 bits per heavy atom. The molecule has 0 saturated heterocycles.